The summed E-state index contributed by atoms with van der Waals surface area (Å²) < 4.78 is 0. The molecule has 0 radical (unpaired) electrons. The van der Waals surface area contributed by atoms with E-state index in [4.69, 9.17) is 23.2 Å². The van der Waals surface area contributed by atoms with Crippen LogP contribution in [-0.2, 0) is 6.42 Å². The van der Waals surface area contributed by atoms with Crippen LogP contribution in [0.15, 0.2) is 73.1 Å². The van der Waals surface area contributed by atoms with E-state index in [1.54, 1.807) is 6.20 Å². The first-order chi connectivity index (χ1) is 20.3. The van der Waals surface area contributed by atoms with Crippen molar-refractivity contribution in [2.45, 2.75) is 32.6 Å². The van der Waals surface area contributed by atoms with Gasteiger partial charge in [0.2, 0.25) is 0 Å². The summed E-state index contributed by atoms with van der Waals surface area (Å²) in [6, 6.07) is 20.5. The predicted molar refractivity (Wildman–Crippen MR) is 173 cm³/mol. The van der Waals surface area contributed by atoms with Gasteiger partial charge in [-0.05, 0) is 68.3 Å². The van der Waals surface area contributed by atoms with Gasteiger partial charge in [-0.1, -0.05) is 64.7 Å². The highest BCUT2D eigenvalue weighted by atomic mass is 35.5. The van der Waals surface area contributed by atoms with Crippen molar-refractivity contribution in [3.8, 4) is 0 Å². The molecule has 220 valence electrons. The number of aromatic nitrogens is 2. The molecule has 1 aliphatic rings. The highest BCUT2D eigenvalue weighted by Crippen LogP contribution is 2.30. The van der Waals surface area contributed by atoms with Crippen LogP contribution in [0.2, 0.25) is 10.0 Å². The average Bonchev–Trinajstić information content (AvgIpc) is 3.49. The molecule has 3 aromatic carbocycles. The SMILES string of the molecule is Cc1cc(C)cc(C(=O)N(C)C[C@@H](CCN2CCN(c3ccccc3Cc3ncc[nH]3)CC2)c2ccc(Cl)c(Cl)c2)c1. The topological polar surface area (TPSA) is 55.5 Å². The van der Waals surface area contributed by atoms with Crippen molar-refractivity contribution in [3.63, 3.8) is 0 Å². The number of aryl methyl sites for hydroxylation is 2. The van der Waals surface area contributed by atoms with Crippen molar-refractivity contribution in [3.05, 3.63) is 117 Å². The van der Waals surface area contributed by atoms with Gasteiger partial charge in [0, 0.05) is 75.8 Å². The lowest BCUT2D eigenvalue weighted by Gasteiger charge is -2.37. The number of benzene rings is 3. The predicted octanol–water partition coefficient (Wildman–Crippen LogP) is 6.99. The fourth-order valence-corrected chi connectivity index (χ4v) is 6.26. The van der Waals surface area contributed by atoms with E-state index in [-0.39, 0.29) is 11.8 Å². The molecule has 1 N–H and O–H groups in total. The summed E-state index contributed by atoms with van der Waals surface area (Å²) in [5.41, 5.74) is 6.60. The molecular weight excluding hydrogens is 565 g/mol. The van der Waals surface area contributed by atoms with Gasteiger partial charge in [-0.15, -0.1) is 0 Å². The molecule has 0 spiro atoms. The maximum Gasteiger partial charge on any atom is 0.253 e. The maximum atomic E-state index is 13.4. The average molecular weight is 605 g/mol. The monoisotopic (exact) mass is 603 g/mol. The lowest BCUT2D eigenvalue weighted by atomic mass is 9.94. The Morgan fingerprint density at radius 1 is 0.976 bits per heavy atom. The van der Waals surface area contributed by atoms with Crippen molar-refractivity contribution in [2.75, 3.05) is 51.2 Å². The molecule has 6 nitrogen and oxygen atoms in total. The highest BCUT2D eigenvalue weighted by Gasteiger charge is 2.23. The number of amides is 1. The molecule has 1 fully saturated rings. The second-order valence-electron chi connectivity index (χ2n) is 11.4. The number of likely N-dealkylation sites (N-methyl/N-ethyl adjacent to an activating group) is 1. The van der Waals surface area contributed by atoms with Crippen molar-refractivity contribution >= 4 is 34.8 Å². The molecule has 42 heavy (non-hydrogen) atoms. The smallest absolute Gasteiger partial charge is 0.253 e. The number of piperazine rings is 1. The number of para-hydroxylation sites is 1. The van der Waals surface area contributed by atoms with Crippen LogP contribution in [0.1, 0.15) is 50.8 Å². The van der Waals surface area contributed by atoms with Crippen LogP contribution in [0.4, 0.5) is 5.69 Å². The van der Waals surface area contributed by atoms with Crippen molar-refractivity contribution in [2.24, 2.45) is 0 Å². The lowest BCUT2D eigenvalue weighted by Crippen LogP contribution is -2.47. The zero-order valence-electron chi connectivity index (χ0n) is 24.6. The Morgan fingerprint density at radius 3 is 2.40 bits per heavy atom. The molecule has 1 saturated heterocycles. The Bertz CT molecular complexity index is 1480. The standard InChI is InChI=1S/C34H39Cl2N5O/c1-24-18-25(2)20-29(19-24)34(42)39(3)23-28(26-8-9-30(35)31(36)21-26)10-13-40-14-16-41(17-15-40)32-7-5-4-6-27(32)22-33-37-11-12-38-33/h4-9,11-12,18-21,28H,10,13-17,22-23H2,1-3H3,(H,37,38)/t28-/m1/s1. The number of carbonyl (C=O) groups excluding carboxylic acids is 1. The molecule has 2 heterocycles. The number of nitrogens with one attached hydrogen (secondary N) is 1. The van der Waals surface area contributed by atoms with Crippen LogP contribution in [0, 0.1) is 13.8 Å². The number of imidazole rings is 1. The lowest BCUT2D eigenvalue weighted by molar-refractivity contribution is 0.0782. The van der Waals surface area contributed by atoms with E-state index >= 15 is 0 Å². The minimum atomic E-state index is 0.0358. The van der Waals surface area contributed by atoms with E-state index in [1.807, 2.05) is 62.3 Å². The van der Waals surface area contributed by atoms with Crippen molar-refractivity contribution in [1.29, 1.82) is 0 Å². The number of nitrogens with zero attached hydrogens (tertiary/aromatic N) is 4. The molecule has 5 rings (SSSR count). The van der Waals surface area contributed by atoms with Crippen molar-refractivity contribution < 1.29 is 4.79 Å². The first kappa shape index (κ1) is 30.1. The normalized spacial score (nSPS) is 14.6. The zero-order valence-corrected chi connectivity index (χ0v) is 26.1. The summed E-state index contributed by atoms with van der Waals surface area (Å²) in [7, 11) is 1.89. The van der Waals surface area contributed by atoms with E-state index in [1.165, 1.54) is 11.3 Å². The van der Waals surface area contributed by atoms with E-state index in [9.17, 15) is 4.79 Å². The third-order valence-electron chi connectivity index (χ3n) is 8.14. The molecule has 1 atom stereocenters. The quantitative estimate of drug-likeness (QED) is 0.212. The van der Waals surface area contributed by atoms with E-state index in [0.717, 1.165) is 73.6 Å². The largest absolute Gasteiger partial charge is 0.369 e. The van der Waals surface area contributed by atoms with Gasteiger partial charge in [-0.25, -0.2) is 4.98 Å². The summed E-state index contributed by atoms with van der Waals surface area (Å²) >= 11 is 12.7. The molecule has 4 aromatic rings. The van der Waals surface area contributed by atoms with Gasteiger partial charge < -0.3 is 14.8 Å². The van der Waals surface area contributed by atoms with Gasteiger partial charge in [0.1, 0.15) is 5.82 Å². The number of carbonyl (C=O) groups is 1. The second-order valence-corrected chi connectivity index (χ2v) is 12.2. The van der Waals surface area contributed by atoms with E-state index < -0.39 is 0 Å². The third kappa shape index (κ3) is 7.54. The Morgan fingerprint density at radius 2 is 1.71 bits per heavy atom. The van der Waals surface area contributed by atoms with Gasteiger partial charge in [-0.3, -0.25) is 9.69 Å². The van der Waals surface area contributed by atoms with Crippen LogP contribution >= 0.6 is 23.2 Å². The van der Waals surface area contributed by atoms with Crippen LogP contribution in [0.25, 0.3) is 0 Å². The number of hydrogen-bond donors (Lipinski definition) is 1. The number of aromatic amines is 1. The second kappa shape index (κ2) is 13.8. The Hall–Kier alpha value is -3.32. The van der Waals surface area contributed by atoms with Crippen LogP contribution in [0.5, 0.6) is 0 Å². The molecule has 8 heteroatoms. The van der Waals surface area contributed by atoms with Gasteiger partial charge >= 0.3 is 0 Å². The van der Waals surface area contributed by atoms with E-state index in [0.29, 0.717) is 16.6 Å². The van der Waals surface area contributed by atoms with Gasteiger partial charge in [-0.2, -0.15) is 0 Å². The van der Waals surface area contributed by atoms with Crippen LogP contribution in [0.3, 0.4) is 0 Å². The molecule has 0 aliphatic carbocycles. The zero-order chi connectivity index (χ0) is 29.6. The van der Waals surface area contributed by atoms with Crippen molar-refractivity contribution in [1.82, 2.24) is 19.8 Å². The first-order valence-electron chi connectivity index (χ1n) is 14.6. The molecule has 0 saturated carbocycles. The van der Waals surface area contributed by atoms with Crippen LogP contribution < -0.4 is 4.90 Å². The molecule has 1 amide bonds. The Kier molecular flexibility index (Phi) is 9.88. The van der Waals surface area contributed by atoms with Gasteiger partial charge in [0.25, 0.3) is 5.91 Å². The molecule has 0 unspecified atom stereocenters. The summed E-state index contributed by atoms with van der Waals surface area (Å²) in [6.45, 7) is 9.51. The summed E-state index contributed by atoms with van der Waals surface area (Å²) in [5, 5.41) is 1.09. The number of halogens is 2. The first-order valence-corrected chi connectivity index (χ1v) is 15.3. The molecule has 1 aliphatic heterocycles. The Balaban J connectivity index is 1.23. The van der Waals surface area contributed by atoms with Crippen LogP contribution in [-0.4, -0.2) is 72.0 Å². The third-order valence-corrected chi connectivity index (χ3v) is 8.87. The highest BCUT2D eigenvalue weighted by molar-refractivity contribution is 6.42. The minimum Gasteiger partial charge on any atom is -0.369 e. The fourth-order valence-electron chi connectivity index (χ4n) is 5.96. The molecule has 0 bridgehead atoms. The fraction of sp³-hybridized carbons (Fsp3) is 0.353. The number of hydrogen-bond acceptors (Lipinski definition) is 4. The maximum absolute atomic E-state index is 13.4. The summed E-state index contributed by atoms with van der Waals surface area (Å²) in [4.78, 5) is 27.9. The minimum absolute atomic E-state index is 0.0358. The Labute approximate surface area is 259 Å². The van der Waals surface area contributed by atoms with Gasteiger partial charge in [0.15, 0.2) is 0 Å². The number of H-pyrrole nitrogens is 1. The van der Waals surface area contributed by atoms with E-state index in [2.05, 4.69) is 50.1 Å². The molecule has 1 aromatic heterocycles. The molecular formula is C34H39Cl2N5O. The summed E-state index contributed by atoms with van der Waals surface area (Å²) in [5.74, 6) is 1.15. The van der Waals surface area contributed by atoms with Gasteiger partial charge in [0.05, 0.1) is 10.0 Å². The summed E-state index contributed by atoms with van der Waals surface area (Å²) in [6.07, 6.45) is 5.39. The number of rotatable bonds is 10. The number of anilines is 1.